The molecule has 0 fully saturated rings. The molecular weight excluding hydrogens is 1430 g/mol. The Balaban J connectivity index is 1.47. The van der Waals surface area contributed by atoms with Crippen LogP contribution >= 0.6 is 0 Å². The van der Waals surface area contributed by atoms with Crippen LogP contribution in [-0.4, -0.2) is 39.0 Å². The van der Waals surface area contributed by atoms with Crippen molar-refractivity contribution in [1.29, 1.82) is 0 Å². The van der Waals surface area contributed by atoms with Crippen LogP contribution in [0.5, 0.6) is 0 Å². The Bertz CT molecular complexity index is 5190. The minimum Gasteiger partial charge on any atom is -0.277 e. The summed E-state index contributed by atoms with van der Waals surface area (Å²) in [6.45, 7) is 0. The highest BCUT2D eigenvalue weighted by molar-refractivity contribution is 6.09. The number of halogens is 24. The van der Waals surface area contributed by atoms with Gasteiger partial charge in [0.05, 0.1) is 55.9 Å². The number of hydrogen-bond donors (Lipinski definition) is 0. The normalized spacial score (nSPS) is 13.5. The minimum absolute atomic E-state index is 0.183. The average Bonchev–Trinajstić information content (AvgIpc) is 1.57. The van der Waals surface area contributed by atoms with Crippen LogP contribution in [0.4, 0.5) is 105 Å². The molecular formula is C72H34F24N8. The molecule has 104 heavy (non-hydrogen) atoms. The molecule has 8 nitrogen and oxygen atoms in total. The lowest BCUT2D eigenvalue weighted by Crippen LogP contribution is -2.12. The maximum absolute atomic E-state index is 16.1. The number of hydrogen-bond acceptors (Lipinski definition) is 6. The summed E-state index contributed by atoms with van der Waals surface area (Å²) in [6.07, 6.45) is -44.0. The number of rotatable bonds is 8. The fraction of sp³-hybridized carbons (Fsp3) is 0.111. The minimum atomic E-state index is -5.74. The second-order valence-electron chi connectivity index (χ2n) is 22.9. The lowest BCUT2D eigenvalue weighted by atomic mass is 9.89. The molecule has 2 aliphatic heterocycles. The first-order valence-electron chi connectivity index (χ1n) is 29.8. The second-order valence-corrected chi connectivity index (χ2v) is 22.9. The zero-order chi connectivity index (χ0) is 74.8. The van der Waals surface area contributed by atoms with Crippen LogP contribution in [-0.2, 0) is 49.4 Å². The average molecular weight is 1470 g/mol. The Morgan fingerprint density at radius 3 is 0.654 bits per heavy atom. The summed E-state index contributed by atoms with van der Waals surface area (Å²) in [5, 5.41) is 0. The van der Waals surface area contributed by atoms with Gasteiger partial charge in [0, 0.05) is 33.4 Å². The van der Waals surface area contributed by atoms with Gasteiger partial charge in [-0.05, 0) is 106 Å². The summed E-state index contributed by atoms with van der Waals surface area (Å²) in [7, 11) is 0. The smallest absolute Gasteiger partial charge is 0.277 e. The molecule has 32 heteroatoms. The zero-order valence-electron chi connectivity index (χ0n) is 51.3. The first kappa shape index (κ1) is 70.8. The van der Waals surface area contributed by atoms with Gasteiger partial charge in [-0.3, -0.25) is 9.13 Å². The van der Waals surface area contributed by atoms with E-state index in [4.69, 9.17) is 0 Å². The molecule has 11 aromatic rings. The maximum atomic E-state index is 16.1. The van der Waals surface area contributed by atoms with Gasteiger partial charge in [0.15, 0.2) is 23.3 Å². The largest absolute Gasteiger partial charge is 0.418 e. The monoisotopic (exact) mass is 1470 g/mol. The molecule has 0 N–H and O–H groups in total. The molecule has 0 saturated carbocycles. The van der Waals surface area contributed by atoms with Gasteiger partial charge in [-0.25, -0.2) is 29.9 Å². The molecule has 2 aliphatic rings. The summed E-state index contributed by atoms with van der Waals surface area (Å²) >= 11 is 0. The van der Waals surface area contributed by atoms with E-state index >= 15 is 105 Å². The van der Waals surface area contributed by atoms with Gasteiger partial charge in [0.1, 0.15) is 22.6 Å². The Morgan fingerprint density at radius 1 is 0.202 bits per heavy atom. The fourth-order valence-corrected chi connectivity index (χ4v) is 12.5. The Kier molecular flexibility index (Phi) is 17.1. The molecule has 0 saturated heterocycles. The Morgan fingerprint density at radius 2 is 0.404 bits per heavy atom. The van der Waals surface area contributed by atoms with Gasteiger partial charge in [-0.15, -0.1) is 0 Å². The van der Waals surface area contributed by atoms with Crippen molar-refractivity contribution in [2.75, 3.05) is 0 Å². The van der Waals surface area contributed by atoms with E-state index < -0.39 is 218 Å². The van der Waals surface area contributed by atoms with Gasteiger partial charge in [0.2, 0.25) is 0 Å². The summed E-state index contributed by atoms with van der Waals surface area (Å²) in [6, 6.07) is 19.9. The SMILES string of the molecule is FC(F)(F)c1ccccc1C1=C(c2ccccc2C(F)(F)F)c2nc1nc1c(-c3ccccc3C(F)(F)F)c(-c3ccccc3C(F)(F)F)c(nc3nc(nc4c(-c5ccccc5C(F)(F)F)c(-c5ccccc5C(F)(F)F)c(n2)n4-c2ccccc2C(F)(F)F)C=C3)n1-c1ccccc1C(F)(F)F. The van der Waals surface area contributed by atoms with Crippen molar-refractivity contribution in [1.82, 2.24) is 39.0 Å². The van der Waals surface area contributed by atoms with Crippen LogP contribution in [0, 0.1) is 0 Å². The van der Waals surface area contributed by atoms with Gasteiger partial charge >= 0.3 is 49.4 Å². The van der Waals surface area contributed by atoms with E-state index in [2.05, 4.69) is 29.9 Å². The summed E-state index contributed by atoms with van der Waals surface area (Å²) in [5.74, 6) is -5.32. The van der Waals surface area contributed by atoms with Crippen molar-refractivity contribution in [2.24, 2.45) is 0 Å². The van der Waals surface area contributed by atoms with E-state index in [9.17, 15) is 0 Å². The van der Waals surface area contributed by atoms with E-state index in [1.54, 1.807) is 0 Å². The Hall–Kier alpha value is -11.6. The van der Waals surface area contributed by atoms with Gasteiger partial charge in [-0.1, -0.05) is 133 Å². The molecule has 530 valence electrons. The summed E-state index contributed by atoms with van der Waals surface area (Å²) in [4.78, 5) is 26.4. The fourth-order valence-electron chi connectivity index (χ4n) is 12.5. The van der Waals surface area contributed by atoms with Crippen molar-refractivity contribution in [2.45, 2.75) is 49.4 Å². The predicted molar refractivity (Wildman–Crippen MR) is 331 cm³/mol. The van der Waals surface area contributed by atoms with E-state index in [-0.39, 0.29) is 9.13 Å². The molecule has 8 bridgehead atoms. The predicted octanol–water partition coefficient (Wildman–Crippen LogP) is 22.8. The molecule has 0 aliphatic carbocycles. The molecule has 3 aromatic heterocycles. The second kappa shape index (κ2) is 25.1. The molecule has 0 atom stereocenters. The van der Waals surface area contributed by atoms with Crippen molar-refractivity contribution in [3.05, 3.63) is 273 Å². The number of benzene rings is 8. The molecule has 0 amide bonds. The number of para-hydroxylation sites is 2. The number of alkyl halides is 24. The highest BCUT2D eigenvalue weighted by Gasteiger charge is 2.46. The number of aromatic nitrogens is 8. The van der Waals surface area contributed by atoms with Crippen molar-refractivity contribution in [3.8, 4) is 55.9 Å². The molecule has 5 heterocycles. The molecule has 0 radical (unpaired) electrons. The Labute approximate surface area is 566 Å². The van der Waals surface area contributed by atoms with Crippen molar-refractivity contribution < 1.29 is 105 Å². The van der Waals surface area contributed by atoms with E-state index in [1.165, 1.54) is 0 Å². The quantitative estimate of drug-likeness (QED) is 0.141. The molecule has 0 unspecified atom stereocenters. The van der Waals surface area contributed by atoms with Gasteiger partial charge in [-0.2, -0.15) is 105 Å². The highest BCUT2D eigenvalue weighted by atomic mass is 19.4. The molecule has 0 spiro atoms. The third kappa shape index (κ3) is 12.8. The van der Waals surface area contributed by atoms with Crippen molar-refractivity contribution >= 4 is 45.9 Å². The molecule has 13 rings (SSSR count). The summed E-state index contributed by atoms with van der Waals surface area (Å²) in [5.41, 5.74) is -39.5. The van der Waals surface area contributed by atoms with Crippen LogP contribution in [0.1, 0.15) is 78.9 Å². The standard InChI is InChI=1S/C72H34F24N8/c73-65(74,75)41-23-7-1-17-35(41)53-54(36-18-2-8-24-42(36)66(76,77)78)60-100-59(53)101-63-57(39-21-5-11-27-45(39)69(85,86)87)55(37-19-3-9-25-43(37)67(79,80)81)61(103(63)49-31-15-13-29-47(49)71(91,92)93)98-51-33-34-52(97-51)99-62-56(38-20-4-10-26-44(38)68(82,83)84)58(40-22-6-12-28-46(40)70(88,89)90)64(102-60)104(62)50-32-16-14-30-48(50)72(94,95)96/h1-34H. The van der Waals surface area contributed by atoms with E-state index in [0.29, 0.717) is 109 Å². The van der Waals surface area contributed by atoms with Crippen LogP contribution in [0.25, 0.3) is 102 Å². The lowest BCUT2D eigenvalue weighted by Gasteiger charge is -2.18. The topological polar surface area (TPSA) is 87.2 Å². The first-order valence-corrected chi connectivity index (χ1v) is 29.8. The molecule has 8 aromatic carbocycles. The van der Waals surface area contributed by atoms with Crippen LogP contribution in [0.3, 0.4) is 0 Å². The third-order valence-electron chi connectivity index (χ3n) is 16.5. The van der Waals surface area contributed by atoms with Crippen LogP contribution < -0.4 is 0 Å². The summed E-state index contributed by atoms with van der Waals surface area (Å²) < 4.78 is 384. The third-order valence-corrected chi connectivity index (χ3v) is 16.5. The first-order chi connectivity index (χ1) is 48.7. The van der Waals surface area contributed by atoms with Crippen LogP contribution in [0.2, 0.25) is 0 Å². The lowest BCUT2D eigenvalue weighted by molar-refractivity contribution is -0.138. The van der Waals surface area contributed by atoms with E-state index in [0.717, 1.165) is 97.1 Å². The maximum Gasteiger partial charge on any atom is 0.418 e. The van der Waals surface area contributed by atoms with Crippen molar-refractivity contribution in [3.63, 3.8) is 0 Å². The van der Waals surface area contributed by atoms with Gasteiger partial charge < -0.3 is 0 Å². The number of fused-ring (bicyclic) bond motifs is 8. The highest BCUT2D eigenvalue weighted by Crippen LogP contribution is 2.55. The van der Waals surface area contributed by atoms with E-state index in [1.807, 2.05) is 0 Å². The van der Waals surface area contributed by atoms with Crippen LogP contribution in [0.15, 0.2) is 194 Å². The zero-order valence-corrected chi connectivity index (χ0v) is 51.3. The van der Waals surface area contributed by atoms with Gasteiger partial charge in [0.25, 0.3) is 0 Å². The number of nitrogens with zero attached hydrogens (tertiary/aromatic N) is 8.